The molecular weight excluding hydrogens is 386 g/mol. The second kappa shape index (κ2) is 8.47. The Balaban J connectivity index is 1.94. The van der Waals surface area contributed by atoms with Gasteiger partial charge in [0.25, 0.3) is 5.91 Å². The van der Waals surface area contributed by atoms with Gasteiger partial charge in [-0.05, 0) is 31.5 Å². The first-order valence-corrected chi connectivity index (χ1v) is 9.34. The third kappa shape index (κ3) is 5.04. The summed E-state index contributed by atoms with van der Waals surface area (Å²) in [6.45, 7) is 3.56. The van der Waals surface area contributed by atoms with Crippen molar-refractivity contribution in [2.75, 3.05) is 11.9 Å². The van der Waals surface area contributed by atoms with Gasteiger partial charge < -0.3 is 10.6 Å². The molecule has 2 N–H and O–H groups in total. The first-order valence-electron chi connectivity index (χ1n) is 8.55. The molecule has 0 aliphatic carbocycles. The average Bonchev–Trinajstić information content (AvgIpc) is 2.75. The molecule has 136 valence electrons. The summed E-state index contributed by atoms with van der Waals surface area (Å²) in [6.07, 6.45) is 4.70. The maximum absolute atomic E-state index is 12.6. The molecule has 6 nitrogen and oxygen atoms in total. The molecule has 1 aromatic rings. The number of hydrogen-bond donors (Lipinski definition) is 2. The molecule has 7 heteroatoms. The first kappa shape index (κ1) is 19.4. The molecule has 1 aliphatic heterocycles. The molecule has 1 atom stereocenters. The topological polar surface area (TPSA) is 78.5 Å². The minimum Gasteiger partial charge on any atom is -0.324 e. The first-order chi connectivity index (χ1) is 11.9. The summed E-state index contributed by atoms with van der Waals surface area (Å²) >= 11 is 3.33. The van der Waals surface area contributed by atoms with Crippen molar-refractivity contribution >= 4 is 39.5 Å². The number of hydrogen-bond acceptors (Lipinski definition) is 3. The van der Waals surface area contributed by atoms with Crippen molar-refractivity contribution in [1.82, 2.24) is 10.2 Å². The number of halogens is 1. The van der Waals surface area contributed by atoms with Crippen LogP contribution in [0.2, 0.25) is 0 Å². The van der Waals surface area contributed by atoms with Gasteiger partial charge in [0, 0.05) is 10.2 Å². The number of amides is 4. The van der Waals surface area contributed by atoms with Crippen LogP contribution < -0.4 is 10.6 Å². The van der Waals surface area contributed by atoms with Crippen LogP contribution in [-0.4, -0.2) is 34.8 Å². The van der Waals surface area contributed by atoms with Crippen LogP contribution in [0.15, 0.2) is 28.7 Å². The van der Waals surface area contributed by atoms with Crippen molar-refractivity contribution in [3.05, 3.63) is 28.7 Å². The van der Waals surface area contributed by atoms with E-state index in [1.165, 1.54) is 0 Å². The highest BCUT2D eigenvalue weighted by molar-refractivity contribution is 9.10. The van der Waals surface area contributed by atoms with Crippen molar-refractivity contribution < 1.29 is 14.4 Å². The Kier molecular flexibility index (Phi) is 6.58. The molecule has 0 saturated carbocycles. The number of imide groups is 1. The minimum absolute atomic E-state index is 0.290. The van der Waals surface area contributed by atoms with Crippen molar-refractivity contribution in [2.24, 2.45) is 0 Å². The van der Waals surface area contributed by atoms with Crippen LogP contribution in [-0.2, 0) is 9.59 Å². The van der Waals surface area contributed by atoms with E-state index in [4.69, 9.17) is 0 Å². The van der Waals surface area contributed by atoms with Gasteiger partial charge in [-0.2, -0.15) is 0 Å². The van der Waals surface area contributed by atoms with Crippen LogP contribution >= 0.6 is 15.9 Å². The molecule has 1 saturated heterocycles. The van der Waals surface area contributed by atoms with Crippen LogP contribution in [0.3, 0.4) is 0 Å². The molecule has 25 heavy (non-hydrogen) atoms. The zero-order valence-electron chi connectivity index (χ0n) is 14.6. The van der Waals surface area contributed by atoms with Gasteiger partial charge in [-0.1, -0.05) is 54.6 Å². The molecule has 0 radical (unpaired) electrons. The van der Waals surface area contributed by atoms with Crippen LogP contribution in [0.25, 0.3) is 0 Å². The largest absolute Gasteiger partial charge is 0.325 e. The van der Waals surface area contributed by atoms with E-state index in [9.17, 15) is 14.4 Å². The molecule has 1 fully saturated rings. The predicted molar refractivity (Wildman–Crippen MR) is 100 cm³/mol. The summed E-state index contributed by atoms with van der Waals surface area (Å²) in [5.74, 6) is -0.741. The van der Waals surface area contributed by atoms with Gasteiger partial charge in [-0.25, -0.2) is 4.79 Å². The predicted octanol–water partition coefficient (Wildman–Crippen LogP) is 3.67. The molecule has 2 rings (SSSR count). The SMILES string of the molecule is CCCCCC[C@]1(C)NC(=O)N(CC(=O)Nc2cccc(Br)c2)C1=O. The summed E-state index contributed by atoms with van der Waals surface area (Å²) in [5, 5.41) is 5.43. The van der Waals surface area contributed by atoms with Crippen molar-refractivity contribution in [2.45, 2.75) is 51.5 Å². The minimum atomic E-state index is -0.916. The van der Waals surface area contributed by atoms with E-state index in [1.807, 2.05) is 6.07 Å². The number of nitrogens with zero attached hydrogens (tertiary/aromatic N) is 1. The molecular formula is C18H24BrN3O3. The van der Waals surface area contributed by atoms with E-state index in [0.29, 0.717) is 12.1 Å². The maximum atomic E-state index is 12.6. The zero-order valence-corrected chi connectivity index (χ0v) is 16.2. The Morgan fingerprint density at radius 3 is 2.72 bits per heavy atom. The van der Waals surface area contributed by atoms with Gasteiger partial charge >= 0.3 is 6.03 Å². The highest BCUT2D eigenvalue weighted by Crippen LogP contribution is 2.24. The van der Waals surface area contributed by atoms with Gasteiger partial charge in [-0.3, -0.25) is 14.5 Å². The van der Waals surface area contributed by atoms with Crippen molar-refractivity contribution in [1.29, 1.82) is 0 Å². The van der Waals surface area contributed by atoms with Gasteiger partial charge in [0.05, 0.1) is 0 Å². The normalized spacial score (nSPS) is 19.9. The number of nitrogens with one attached hydrogen (secondary N) is 2. The zero-order chi connectivity index (χ0) is 18.4. The molecule has 0 unspecified atom stereocenters. The summed E-state index contributed by atoms with van der Waals surface area (Å²) in [6, 6.07) is 6.62. The number of rotatable bonds is 8. The Hall–Kier alpha value is -1.89. The lowest BCUT2D eigenvalue weighted by Crippen LogP contribution is -2.44. The van der Waals surface area contributed by atoms with Gasteiger partial charge in [0.15, 0.2) is 0 Å². The van der Waals surface area contributed by atoms with E-state index < -0.39 is 17.5 Å². The Bertz CT molecular complexity index is 665. The van der Waals surface area contributed by atoms with Crippen molar-refractivity contribution in [3.63, 3.8) is 0 Å². The Morgan fingerprint density at radius 1 is 1.28 bits per heavy atom. The molecule has 1 aliphatic rings. The summed E-state index contributed by atoms with van der Waals surface area (Å²) in [5.41, 5.74) is -0.310. The smallest absolute Gasteiger partial charge is 0.324 e. The van der Waals surface area contributed by atoms with E-state index in [-0.39, 0.29) is 12.5 Å². The average molecular weight is 410 g/mol. The highest BCUT2D eigenvalue weighted by atomic mass is 79.9. The van der Waals surface area contributed by atoms with E-state index in [2.05, 4.69) is 33.5 Å². The quantitative estimate of drug-likeness (QED) is 0.507. The monoisotopic (exact) mass is 409 g/mol. The van der Waals surface area contributed by atoms with Crippen LogP contribution in [0.4, 0.5) is 10.5 Å². The van der Waals surface area contributed by atoms with E-state index in [0.717, 1.165) is 35.1 Å². The van der Waals surface area contributed by atoms with Gasteiger partial charge in [0.2, 0.25) is 5.91 Å². The molecule has 1 aromatic carbocycles. The standard InChI is InChI=1S/C18H24BrN3O3/c1-3-4-5-6-10-18(2)16(24)22(17(25)21-18)12-15(23)20-14-9-7-8-13(19)11-14/h7-9,11H,3-6,10,12H2,1-2H3,(H,20,23)(H,21,25)/t18-/m0/s1. The maximum Gasteiger partial charge on any atom is 0.325 e. The fourth-order valence-corrected chi connectivity index (χ4v) is 3.28. The third-order valence-electron chi connectivity index (χ3n) is 4.29. The lowest BCUT2D eigenvalue weighted by molar-refractivity contribution is -0.133. The summed E-state index contributed by atoms with van der Waals surface area (Å²) < 4.78 is 0.833. The fraction of sp³-hybridized carbons (Fsp3) is 0.500. The number of carbonyl (C=O) groups is 3. The summed E-state index contributed by atoms with van der Waals surface area (Å²) in [4.78, 5) is 37.9. The summed E-state index contributed by atoms with van der Waals surface area (Å²) in [7, 11) is 0. The van der Waals surface area contributed by atoms with Gasteiger partial charge in [0.1, 0.15) is 12.1 Å². The highest BCUT2D eigenvalue weighted by Gasteiger charge is 2.47. The number of unbranched alkanes of at least 4 members (excludes halogenated alkanes) is 3. The number of benzene rings is 1. The molecule has 0 aromatic heterocycles. The lowest BCUT2D eigenvalue weighted by Gasteiger charge is -2.21. The van der Waals surface area contributed by atoms with Crippen LogP contribution in [0.1, 0.15) is 46.0 Å². The third-order valence-corrected chi connectivity index (χ3v) is 4.78. The second-order valence-corrected chi connectivity index (χ2v) is 7.44. The van der Waals surface area contributed by atoms with Crippen molar-refractivity contribution in [3.8, 4) is 0 Å². The molecule has 4 amide bonds. The molecule has 0 bridgehead atoms. The van der Waals surface area contributed by atoms with E-state index in [1.54, 1.807) is 25.1 Å². The number of carbonyl (C=O) groups excluding carboxylic acids is 3. The second-order valence-electron chi connectivity index (χ2n) is 6.52. The fourth-order valence-electron chi connectivity index (χ4n) is 2.88. The number of urea groups is 1. The molecule has 0 spiro atoms. The number of anilines is 1. The van der Waals surface area contributed by atoms with E-state index >= 15 is 0 Å². The van der Waals surface area contributed by atoms with Gasteiger partial charge in [-0.15, -0.1) is 0 Å². The van der Waals surface area contributed by atoms with Crippen LogP contribution in [0.5, 0.6) is 0 Å². The molecule has 1 heterocycles. The van der Waals surface area contributed by atoms with Crippen LogP contribution in [0, 0.1) is 0 Å². The lowest BCUT2D eigenvalue weighted by atomic mass is 9.94. The Labute approximate surface area is 156 Å². The Morgan fingerprint density at radius 2 is 2.04 bits per heavy atom.